The molecule has 0 fully saturated rings. The normalized spacial score (nSPS) is 12.5. The zero-order valence-electron chi connectivity index (χ0n) is 13.0. The average molecular weight is 345 g/mol. The zero-order chi connectivity index (χ0) is 16.7. The van der Waals surface area contributed by atoms with Gasteiger partial charge in [0.25, 0.3) is 0 Å². The maximum Gasteiger partial charge on any atom is 0.326 e. The third kappa shape index (κ3) is 7.23. The average Bonchev–Trinajstić information content (AvgIpc) is 2.47. The van der Waals surface area contributed by atoms with Gasteiger partial charge in [-0.25, -0.2) is 0 Å². The summed E-state index contributed by atoms with van der Waals surface area (Å²) < 4.78 is 9.36. The van der Waals surface area contributed by atoms with Gasteiger partial charge in [-0.3, -0.25) is 14.4 Å². The van der Waals surface area contributed by atoms with E-state index in [1.54, 1.807) is 24.3 Å². The fourth-order valence-electron chi connectivity index (χ4n) is 1.60. The van der Waals surface area contributed by atoms with E-state index in [4.69, 9.17) is 16.2 Å². The van der Waals surface area contributed by atoms with Gasteiger partial charge in [-0.1, -0.05) is 24.3 Å². The molecule has 1 aromatic carbocycles. The first-order valence-corrected chi connectivity index (χ1v) is 6.75. The second-order valence-corrected chi connectivity index (χ2v) is 4.90. The minimum Gasteiger partial charge on any atom is -0.427 e. The first kappa shape index (κ1) is 21.0. The summed E-state index contributed by atoms with van der Waals surface area (Å²) in [5.74, 6) is -1.39. The lowest BCUT2D eigenvalue weighted by Crippen LogP contribution is -2.36. The molecule has 1 aromatic rings. The summed E-state index contributed by atoms with van der Waals surface area (Å²) in [5.41, 5.74) is 12.4. The third-order valence-electron chi connectivity index (χ3n) is 2.89. The van der Waals surface area contributed by atoms with Crippen molar-refractivity contribution in [3.63, 3.8) is 0 Å². The largest absolute Gasteiger partial charge is 0.427 e. The van der Waals surface area contributed by atoms with Crippen LogP contribution >= 0.6 is 12.4 Å². The van der Waals surface area contributed by atoms with Gasteiger partial charge >= 0.3 is 11.9 Å². The number of ketones is 1. The molecule has 128 valence electrons. The number of nitrogens with two attached hydrogens (primary N) is 2. The molecule has 0 spiro atoms. The highest BCUT2D eigenvalue weighted by Gasteiger charge is 2.17. The van der Waals surface area contributed by atoms with Crippen molar-refractivity contribution in [2.45, 2.75) is 32.4 Å². The number of esters is 2. The Hall–Kier alpha value is -1.96. The first-order valence-electron chi connectivity index (χ1n) is 6.75. The fraction of sp³-hybridized carbons (Fsp3) is 0.400. The summed E-state index contributed by atoms with van der Waals surface area (Å²) in [4.78, 5) is 33.9. The van der Waals surface area contributed by atoms with Crippen LogP contribution in [0.4, 0.5) is 0 Å². The van der Waals surface area contributed by atoms with Gasteiger partial charge in [0.1, 0.15) is 12.1 Å². The van der Waals surface area contributed by atoms with Gasteiger partial charge in [-0.05, 0) is 25.8 Å². The molecule has 0 saturated heterocycles. The molecule has 0 aliphatic heterocycles. The van der Waals surface area contributed by atoms with Crippen LogP contribution < -0.4 is 11.5 Å². The Morgan fingerprint density at radius 2 is 1.57 bits per heavy atom. The van der Waals surface area contributed by atoms with Crippen LogP contribution in [0.1, 0.15) is 29.8 Å². The number of halogens is 1. The van der Waals surface area contributed by atoms with Gasteiger partial charge in [-0.2, -0.15) is 0 Å². The van der Waals surface area contributed by atoms with Crippen molar-refractivity contribution in [2.75, 3.05) is 6.79 Å². The topological polar surface area (TPSA) is 122 Å². The SMILES string of the molecule is CC(=O)c1ccc(CC(N)C(=O)OCOC(=O)[C@H](C)N)cc1.Cl. The summed E-state index contributed by atoms with van der Waals surface area (Å²) >= 11 is 0. The van der Waals surface area contributed by atoms with Gasteiger partial charge in [0, 0.05) is 5.56 Å². The number of hydrogen-bond acceptors (Lipinski definition) is 7. The Morgan fingerprint density at radius 1 is 1.04 bits per heavy atom. The Morgan fingerprint density at radius 3 is 2.04 bits per heavy atom. The van der Waals surface area contributed by atoms with E-state index in [1.807, 2.05) is 0 Å². The maximum atomic E-state index is 11.7. The summed E-state index contributed by atoms with van der Waals surface area (Å²) in [5, 5.41) is 0. The van der Waals surface area contributed by atoms with Gasteiger partial charge in [-0.15, -0.1) is 12.4 Å². The third-order valence-corrected chi connectivity index (χ3v) is 2.89. The Bertz CT molecular complexity index is 545. The predicted molar refractivity (Wildman–Crippen MR) is 86.1 cm³/mol. The first-order chi connectivity index (χ1) is 10.3. The molecule has 0 aliphatic rings. The highest BCUT2D eigenvalue weighted by molar-refractivity contribution is 5.94. The standard InChI is InChI=1S/C15H20N2O5.ClH/c1-9(16)14(19)21-8-22-15(20)13(17)7-11-3-5-12(6-4-11)10(2)18;/h3-6,9,13H,7-8,16-17H2,1-2H3;1H/t9-,13?;/m0./s1. The fourth-order valence-corrected chi connectivity index (χ4v) is 1.60. The lowest BCUT2D eigenvalue weighted by Gasteiger charge is -2.12. The second-order valence-electron chi connectivity index (χ2n) is 4.90. The molecule has 4 N–H and O–H groups in total. The lowest BCUT2D eigenvalue weighted by molar-refractivity contribution is -0.168. The molecule has 0 heterocycles. The van der Waals surface area contributed by atoms with E-state index in [9.17, 15) is 14.4 Å². The number of Topliss-reactive ketones (excluding diaryl/α,β-unsaturated/α-hetero) is 1. The van der Waals surface area contributed by atoms with Crippen LogP contribution in [-0.4, -0.2) is 36.6 Å². The summed E-state index contributed by atoms with van der Waals surface area (Å²) in [6.45, 7) is 2.42. The van der Waals surface area contributed by atoms with Gasteiger partial charge < -0.3 is 20.9 Å². The van der Waals surface area contributed by atoms with Crippen molar-refractivity contribution in [3.05, 3.63) is 35.4 Å². The number of carbonyl (C=O) groups is 3. The molecule has 0 bridgehead atoms. The van der Waals surface area contributed by atoms with Gasteiger partial charge in [0.2, 0.25) is 6.79 Å². The zero-order valence-corrected chi connectivity index (χ0v) is 13.8. The van der Waals surface area contributed by atoms with E-state index in [-0.39, 0.29) is 24.6 Å². The molecule has 0 amide bonds. The predicted octanol–water partition coefficient (Wildman–Crippen LogP) is 0.572. The molecule has 8 heteroatoms. The van der Waals surface area contributed by atoms with Crippen LogP contribution in [0, 0.1) is 0 Å². The van der Waals surface area contributed by atoms with Crippen LogP contribution in [0.15, 0.2) is 24.3 Å². The quantitative estimate of drug-likeness (QED) is 0.421. The number of rotatable bonds is 7. The van der Waals surface area contributed by atoms with E-state index in [0.29, 0.717) is 5.56 Å². The summed E-state index contributed by atoms with van der Waals surface area (Å²) in [6.07, 6.45) is 0.248. The molecular formula is C15H21ClN2O5. The van der Waals surface area contributed by atoms with E-state index in [0.717, 1.165) is 5.56 Å². The van der Waals surface area contributed by atoms with Crippen LogP contribution in [0.2, 0.25) is 0 Å². The minimum atomic E-state index is -0.891. The van der Waals surface area contributed by atoms with Crippen LogP contribution in [-0.2, 0) is 25.5 Å². The summed E-state index contributed by atoms with van der Waals surface area (Å²) in [6, 6.07) is 5.10. The van der Waals surface area contributed by atoms with Gasteiger partial charge in [0.15, 0.2) is 5.78 Å². The molecule has 0 saturated carbocycles. The molecular weight excluding hydrogens is 324 g/mol. The molecule has 0 aliphatic carbocycles. The molecule has 1 unspecified atom stereocenters. The Kier molecular flexibility index (Phi) is 9.09. The summed E-state index contributed by atoms with van der Waals surface area (Å²) in [7, 11) is 0. The second kappa shape index (κ2) is 9.94. The van der Waals surface area contributed by atoms with Crippen LogP contribution in [0.25, 0.3) is 0 Å². The van der Waals surface area contributed by atoms with E-state index in [2.05, 4.69) is 4.74 Å². The number of ether oxygens (including phenoxy) is 2. The smallest absolute Gasteiger partial charge is 0.326 e. The molecule has 0 radical (unpaired) electrons. The van der Waals surface area contributed by atoms with E-state index in [1.165, 1.54) is 13.8 Å². The minimum absolute atomic E-state index is 0. The molecule has 23 heavy (non-hydrogen) atoms. The maximum absolute atomic E-state index is 11.7. The van der Waals surface area contributed by atoms with Crippen LogP contribution in [0.5, 0.6) is 0 Å². The van der Waals surface area contributed by atoms with Crippen molar-refractivity contribution < 1.29 is 23.9 Å². The highest BCUT2D eigenvalue weighted by atomic mass is 35.5. The number of benzene rings is 1. The van der Waals surface area contributed by atoms with Crippen molar-refractivity contribution in [2.24, 2.45) is 11.5 Å². The van der Waals surface area contributed by atoms with E-state index < -0.39 is 30.8 Å². The van der Waals surface area contributed by atoms with Crippen LogP contribution in [0.3, 0.4) is 0 Å². The Balaban J connectivity index is 0.00000484. The molecule has 7 nitrogen and oxygen atoms in total. The number of carbonyl (C=O) groups excluding carboxylic acids is 3. The monoisotopic (exact) mass is 344 g/mol. The Labute approximate surface area is 140 Å². The number of hydrogen-bond donors (Lipinski definition) is 2. The van der Waals surface area contributed by atoms with Crippen molar-refractivity contribution >= 4 is 30.1 Å². The lowest BCUT2D eigenvalue weighted by atomic mass is 10.0. The van der Waals surface area contributed by atoms with Crippen molar-refractivity contribution in [1.82, 2.24) is 0 Å². The highest BCUT2D eigenvalue weighted by Crippen LogP contribution is 2.07. The van der Waals surface area contributed by atoms with E-state index >= 15 is 0 Å². The van der Waals surface area contributed by atoms with Crippen molar-refractivity contribution in [1.29, 1.82) is 0 Å². The molecule has 1 rings (SSSR count). The van der Waals surface area contributed by atoms with Gasteiger partial charge in [0.05, 0.1) is 0 Å². The molecule has 2 atom stereocenters. The van der Waals surface area contributed by atoms with Crippen molar-refractivity contribution in [3.8, 4) is 0 Å². The molecule has 0 aromatic heterocycles.